The zero-order valence-corrected chi connectivity index (χ0v) is 14.6. The number of hydrogen-bond donors (Lipinski definition) is 0. The summed E-state index contributed by atoms with van der Waals surface area (Å²) in [7, 11) is 0. The molecule has 1 nitrogen and oxygen atoms in total. The summed E-state index contributed by atoms with van der Waals surface area (Å²) in [6.07, 6.45) is 5.20. The molecule has 1 aliphatic heterocycles. The Morgan fingerprint density at radius 3 is 2.52 bits per heavy atom. The second-order valence-electron chi connectivity index (χ2n) is 7.22. The molecule has 2 aromatic rings. The lowest BCUT2D eigenvalue weighted by atomic mass is 9.99. The third-order valence-corrected chi connectivity index (χ3v) is 4.98. The van der Waals surface area contributed by atoms with Crippen molar-refractivity contribution in [3.63, 3.8) is 0 Å². The number of aryl methyl sites for hydroxylation is 2. The van der Waals surface area contributed by atoms with E-state index in [0.717, 1.165) is 5.92 Å². The maximum Gasteiger partial charge on any atom is 0.000750 e. The lowest BCUT2D eigenvalue weighted by Gasteiger charge is -2.14. The quantitative estimate of drug-likeness (QED) is 0.652. The van der Waals surface area contributed by atoms with Gasteiger partial charge in [-0.3, -0.25) is 0 Å². The normalized spacial score (nSPS) is 18.4. The highest BCUT2D eigenvalue weighted by Gasteiger charge is 2.17. The van der Waals surface area contributed by atoms with Crippen molar-refractivity contribution in [2.75, 3.05) is 19.6 Å². The van der Waals surface area contributed by atoms with E-state index in [1.54, 1.807) is 0 Å². The lowest BCUT2D eigenvalue weighted by Crippen LogP contribution is -2.21. The number of benzene rings is 2. The van der Waals surface area contributed by atoms with Gasteiger partial charge in [0.05, 0.1) is 0 Å². The van der Waals surface area contributed by atoms with Gasteiger partial charge in [0.2, 0.25) is 0 Å². The van der Waals surface area contributed by atoms with Crippen molar-refractivity contribution in [2.45, 2.75) is 39.5 Å². The fourth-order valence-electron chi connectivity index (χ4n) is 3.62. The van der Waals surface area contributed by atoms with Gasteiger partial charge in [0, 0.05) is 6.54 Å². The molecular weight excluding hydrogens is 278 g/mol. The van der Waals surface area contributed by atoms with Gasteiger partial charge < -0.3 is 4.90 Å². The van der Waals surface area contributed by atoms with E-state index in [1.165, 1.54) is 67.6 Å². The van der Waals surface area contributed by atoms with E-state index in [4.69, 9.17) is 0 Å². The molecule has 1 fully saturated rings. The minimum Gasteiger partial charge on any atom is -0.303 e. The third-order valence-electron chi connectivity index (χ3n) is 4.98. The second kappa shape index (κ2) is 7.79. The summed E-state index contributed by atoms with van der Waals surface area (Å²) in [5.74, 6) is 0.904. The molecule has 1 aliphatic rings. The minimum absolute atomic E-state index is 0.904. The van der Waals surface area contributed by atoms with Crippen LogP contribution >= 0.6 is 0 Å². The summed E-state index contributed by atoms with van der Waals surface area (Å²) >= 11 is 0. The van der Waals surface area contributed by atoms with Gasteiger partial charge in [0.15, 0.2) is 0 Å². The highest BCUT2D eigenvalue weighted by atomic mass is 15.1. The number of likely N-dealkylation sites (tertiary alicyclic amines) is 1. The largest absolute Gasteiger partial charge is 0.303 e. The fourth-order valence-corrected chi connectivity index (χ4v) is 3.62. The first-order valence-electron chi connectivity index (χ1n) is 9.09. The van der Waals surface area contributed by atoms with Crippen molar-refractivity contribution < 1.29 is 0 Å². The Bertz CT molecular complexity index is 631. The Kier molecular flexibility index (Phi) is 5.51. The molecule has 0 bridgehead atoms. The highest BCUT2D eigenvalue weighted by molar-refractivity contribution is 5.64. The average molecular weight is 307 g/mol. The number of hydrogen-bond acceptors (Lipinski definition) is 1. The molecule has 122 valence electrons. The van der Waals surface area contributed by atoms with Crippen molar-refractivity contribution in [3.05, 3.63) is 59.7 Å². The van der Waals surface area contributed by atoms with Gasteiger partial charge in [-0.1, -0.05) is 61.0 Å². The molecule has 3 rings (SSSR count). The van der Waals surface area contributed by atoms with Crippen LogP contribution in [0.4, 0.5) is 0 Å². The summed E-state index contributed by atoms with van der Waals surface area (Å²) in [5.41, 5.74) is 5.48. The van der Waals surface area contributed by atoms with Gasteiger partial charge in [0.25, 0.3) is 0 Å². The molecule has 0 spiro atoms. The van der Waals surface area contributed by atoms with Crippen molar-refractivity contribution in [1.82, 2.24) is 4.90 Å². The van der Waals surface area contributed by atoms with Gasteiger partial charge in [-0.15, -0.1) is 0 Å². The molecule has 1 saturated heterocycles. The summed E-state index contributed by atoms with van der Waals surface area (Å²) in [4.78, 5) is 2.63. The van der Waals surface area contributed by atoms with Crippen molar-refractivity contribution >= 4 is 0 Å². The molecule has 0 aromatic heterocycles. The van der Waals surface area contributed by atoms with Crippen LogP contribution in [-0.4, -0.2) is 24.5 Å². The lowest BCUT2D eigenvalue weighted by molar-refractivity contribution is 0.320. The molecule has 0 radical (unpaired) electrons. The van der Waals surface area contributed by atoms with Gasteiger partial charge in [-0.25, -0.2) is 0 Å². The molecule has 1 heterocycles. The first-order chi connectivity index (χ1) is 11.2. The molecule has 0 N–H and O–H groups in total. The third kappa shape index (κ3) is 4.68. The van der Waals surface area contributed by atoms with Crippen LogP contribution in [0.25, 0.3) is 11.1 Å². The molecule has 23 heavy (non-hydrogen) atoms. The fraction of sp³-hybridized carbons (Fsp3) is 0.455. The van der Waals surface area contributed by atoms with Gasteiger partial charge in [0.1, 0.15) is 0 Å². The maximum absolute atomic E-state index is 2.63. The average Bonchev–Trinajstić information content (AvgIpc) is 2.97. The predicted molar refractivity (Wildman–Crippen MR) is 99.8 cm³/mol. The van der Waals surface area contributed by atoms with Crippen LogP contribution in [-0.2, 0) is 6.42 Å². The standard InChI is InChI=1S/C22H29N/c1-18-7-5-10-21(15-18)22-11-6-9-20(16-22)8-3-4-13-23-14-12-19(2)17-23/h5-7,9-11,15-16,19H,3-4,8,12-14,17H2,1-2H3. The Hall–Kier alpha value is -1.60. The van der Waals surface area contributed by atoms with Crippen molar-refractivity contribution in [1.29, 1.82) is 0 Å². The molecule has 0 amide bonds. The van der Waals surface area contributed by atoms with Gasteiger partial charge in [-0.2, -0.15) is 0 Å². The molecule has 1 unspecified atom stereocenters. The topological polar surface area (TPSA) is 3.24 Å². The van der Waals surface area contributed by atoms with Crippen LogP contribution in [0.3, 0.4) is 0 Å². The van der Waals surface area contributed by atoms with E-state index in [0.29, 0.717) is 0 Å². The van der Waals surface area contributed by atoms with Gasteiger partial charge in [-0.05, 0) is 68.3 Å². The molecule has 2 aromatic carbocycles. The SMILES string of the molecule is Cc1cccc(-c2cccc(CCCCN3CCC(C)C3)c2)c1. The van der Waals surface area contributed by atoms with E-state index in [-0.39, 0.29) is 0 Å². The summed E-state index contributed by atoms with van der Waals surface area (Å²) in [6.45, 7) is 8.43. The molecule has 0 saturated carbocycles. The number of nitrogens with zero attached hydrogens (tertiary/aromatic N) is 1. The van der Waals surface area contributed by atoms with Crippen LogP contribution < -0.4 is 0 Å². The van der Waals surface area contributed by atoms with Crippen LogP contribution in [0, 0.1) is 12.8 Å². The highest BCUT2D eigenvalue weighted by Crippen LogP contribution is 2.22. The summed E-state index contributed by atoms with van der Waals surface area (Å²) in [6, 6.07) is 17.9. The number of unbranched alkanes of at least 4 members (excludes halogenated alkanes) is 1. The number of rotatable bonds is 6. The zero-order valence-electron chi connectivity index (χ0n) is 14.6. The Labute approximate surface area is 141 Å². The Balaban J connectivity index is 1.52. The monoisotopic (exact) mass is 307 g/mol. The van der Waals surface area contributed by atoms with E-state index >= 15 is 0 Å². The van der Waals surface area contributed by atoms with Crippen LogP contribution in [0.2, 0.25) is 0 Å². The van der Waals surface area contributed by atoms with Crippen LogP contribution in [0.5, 0.6) is 0 Å². The minimum atomic E-state index is 0.904. The van der Waals surface area contributed by atoms with Crippen LogP contribution in [0.15, 0.2) is 48.5 Å². The first kappa shape index (κ1) is 16.3. The molecular formula is C22H29N. The molecule has 1 heteroatoms. The van der Waals surface area contributed by atoms with E-state index in [1.807, 2.05) is 0 Å². The van der Waals surface area contributed by atoms with Crippen molar-refractivity contribution in [3.8, 4) is 11.1 Å². The zero-order chi connectivity index (χ0) is 16.1. The first-order valence-corrected chi connectivity index (χ1v) is 9.09. The molecule has 1 atom stereocenters. The second-order valence-corrected chi connectivity index (χ2v) is 7.22. The summed E-state index contributed by atoms with van der Waals surface area (Å²) in [5, 5.41) is 0. The van der Waals surface area contributed by atoms with E-state index < -0.39 is 0 Å². The van der Waals surface area contributed by atoms with E-state index in [9.17, 15) is 0 Å². The Morgan fingerprint density at radius 1 is 1.00 bits per heavy atom. The summed E-state index contributed by atoms with van der Waals surface area (Å²) < 4.78 is 0. The van der Waals surface area contributed by atoms with Gasteiger partial charge >= 0.3 is 0 Å². The smallest absolute Gasteiger partial charge is 0.000750 e. The van der Waals surface area contributed by atoms with Crippen LogP contribution in [0.1, 0.15) is 37.3 Å². The predicted octanol–water partition coefficient (Wildman–Crippen LogP) is 5.33. The molecule has 0 aliphatic carbocycles. The maximum atomic E-state index is 2.63. The Morgan fingerprint density at radius 2 is 1.78 bits per heavy atom. The van der Waals surface area contributed by atoms with E-state index in [2.05, 4.69) is 67.3 Å². The van der Waals surface area contributed by atoms with Crippen molar-refractivity contribution in [2.24, 2.45) is 5.92 Å².